The Labute approximate surface area is 175 Å². The third-order valence-corrected chi connectivity index (χ3v) is 5.53. The highest BCUT2D eigenvalue weighted by atomic mass is 16.6. The van der Waals surface area contributed by atoms with Crippen LogP contribution in [0.1, 0.15) is 60.1 Å². The minimum absolute atomic E-state index is 0.0402. The van der Waals surface area contributed by atoms with Gasteiger partial charge in [-0.2, -0.15) is 0 Å². The van der Waals surface area contributed by atoms with Gasteiger partial charge in [-0.15, -0.1) is 0 Å². The molecule has 7 nitrogen and oxygen atoms in total. The second-order valence-electron chi connectivity index (χ2n) is 8.71. The summed E-state index contributed by atoms with van der Waals surface area (Å²) < 4.78 is 5.58. The monoisotopic (exact) mass is 410 g/mol. The molecule has 158 valence electrons. The van der Waals surface area contributed by atoms with Gasteiger partial charge in [0.05, 0.1) is 6.04 Å². The predicted molar refractivity (Wildman–Crippen MR) is 110 cm³/mol. The van der Waals surface area contributed by atoms with Crippen molar-refractivity contribution in [1.29, 1.82) is 0 Å². The fourth-order valence-corrected chi connectivity index (χ4v) is 4.20. The Kier molecular flexibility index (Phi) is 4.94. The summed E-state index contributed by atoms with van der Waals surface area (Å²) in [5, 5.41) is 21.4. The minimum atomic E-state index is -1.11. The van der Waals surface area contributed by atoms with Gasteiger partial charge in [-0.05, 0) is 44.9 Å². The number of aromatic hydroxyl groups is 1. The first-order valence-corrected chi connectivity index (χ1v) is 10.1. The molecule has 2 atom stereocenters. The first-order chi connectivity index (χ1) is 14.2. The van der Waals surface area contributed by atoms with Gasteiger partial charge in [0.25, 0.3) is 5.91 Å². The molecule has 7 heteroatoms. The van der Waals surface area contributed by atoms with Crippen LogP contribution in [0, 0.1) is 0 Å². The number of nitrogens with zero attached hydrogens (tertiary/aromatic N) is 2. The molecule has 2 aromatic carbocycles. The number of carbonyl (C=O) groups excluding carboxylic acids is 2. The number of hydrogen-bond donors (Lipinski definition) is 2. The van der Waals surface area contributed by atoms with Gasteiger partial charge in [-0.1, -0.05) is 30.3 Å². The van der Waals surface area contributed by atoms with Gasteiger partial charge in [-0.25, -0.2) is 4.79 Å². The van der Waals surface area contributed by atoms with E-state index in [1.807, 2.05) is 6.07 Å². The molecule has 4 rings (SSSR count). The molecule has 30 heavy (non-hydrogen) atoms. The van der Waals surface area contributed by atoms with Crippen LogP contribution in [0.2, 0.25) is 0 Å². The van der Waals surface area contributed by atoms with Crippen LogP contribution in [0.4, 0.5) is 4.79 Å². The van der Waals surface area contributed by atoms with E-state index < -0.39 is 24.0 Å². The lowest BCUT2D eigenvalue weighted by Crippen LogP contribution is -2.47. The van der Waals surface area contributed by atoms with Crippen molar-refractivity contribution in [2.24, 2.45) is 0 Å². The van der Waals surface area contributed by atoms with Crippen molar-refractivity contribution < 1.29 is 24.5 Å². The van der Waals surface area contributed by atoms with E-state index >= 15 is 0 Å². The topological polar surface area (TPSA) is 90.3 Å². The first kappa shape index (κ1) is 20.2. The lowest BCUT2D eigenvalue weighted by atomic mass is 9.91. The first-order valence-electron chi connectivity index (χ1n) is 10.1. The van der Waals surface area contributed by atoms with Crippen molar-refractivity contribution in [3.63, 3.8) is 0 Å². The maximum Gasteiger partial charge on any atom is 0.410 e. The largest absolute Gasteiger partial charge is 0.508 e. The van der Waals surface area contributed by atoms with Crippen molar-refractivity contribution in [3.8, 4) is 5.75 Å². The second kappa shape index (κ2) is 7.32. The number of aliphatic hydroxyl groups excluding tert-OH is 1. The Morgan fingerprint density at radius 2 is 1.90 bits per heavy atom. The summed E-state index contributed by atoms with van der Waals surface area (Å²) in [6.45, 7) is 5.80. The molecular formula is C23H26N2O5. The van der Waals surface area contributed by atoms with E-state index in [1.54, 1.807) is 57.2 Å². The highest BCUT2D eigenvalue weighted by Gasteiger charge is 2.42. The van der Waals surface area contributed by atoms with Crippen LogP contribution in [0.3, 0.4) is 0 Å². The number of phenols is 1. The van der Waals surface area contributed by atoms with Crippen molar-refractivity contribution in [2.45, 2.75) is 45.1 Å². The van der Waals surface area contributed by atoms with Gasteiger partial charge in [0, 0.05) is 29.8 Å². The van der Waals surface area contributed by atoms with Gasteiger partial charge in [-0.3, -0.25) is 9.69 Å². The van der Waals surface area contributed by atoms with Crippen LogP contribution >= 0.6 is 0 Å². The van der Waals surface area contributed by atoms with Crippen LogP contribution in [0.25, 0.3) is 0 Å². The molecule has 0 radical (unpaired) electrons. The van der Waals surface area contributed by atoms with Crippen molar-refractivity contribution >= 4 is 12.0 Å². The zero-order valence-corrected chi connectivity index (χ0v) is 17.3. The average molecular weight is 410 g/mol. The number of fused-ring (bicyclic) bond motifs is 2. The molecule has 0 aliphatic carbocycles. The Hall–Kier alpha value is -3.06. The van der Waals surface area contributed by atoms with Crippen molar-refractivity contribution in [1.82, 2.24) is 9.80 Å². The molecule has 2 amide bonds. The summed E-state index contributed by atoms with van der Waals surface area (Å²) in [6.07, 6.45) is -1.05. The third-order valence-electron chi connectivity index (χ3n) is 5.53. The van der Waals surface area contributed by atoms with Gasteiger partial charge in [0.2, 0.25) is 0 Å². The quantitative estimate of drug-likeness (QED) is 0.792. The summed E-state index contributed by atoms with van der Waals surface area (Å²) in [7, 11) is 0. The fourth-order valence-electron chi connectivity index (χ4n) is 4.20. The molecule has 0 fully saturated rings. The summed E-state index contributed by atoms with van der Waals surface area (Å²) in [5.41, 5.74) is 1.81. The Morgan fingerprint density at radius 3 is 2.60 bits per heavy atom. The average Bonchev–Trinajstić information content (AvgIpc) is 2.92. The SMILES string of the molecule is CC(C)(C)OC(=O)N1CCc2cccc(O)c2[C@H]1CN1C(=O)c2ccccc2C1O. The van der Waals surface area contributed by atoms with E-state index in [0.717, 1.165) is 5.56 Å². The summed E-state index contributed by atoms with van der Waals surface area (Å²) in [6, 6.07) is 11.5. The molecule has 2 aromatic rings. The molecular weight excluding hydrogens is 384 g/mol. The predicted octanol–water partition coefficient (Wildman–Crippen LogP) is 3.37. The van der Waals surface area contributed by atoms with E-state index in [1.165, 1.54) is 9.80 Å². The third kappa shape index (κ3) is 3.50. The summed E-state index contributed by atoms with van der Waals surface area (Å²) in [4.78, 5) is 28.8. The molecule has 2 aliphatic heterocycles. The second-order valence-corrected chi connectivity index (χ2v) is 8.71. The minimum Gasteiger partial charge on any atom is -0.508 e. The number of carbonyl (C=O) groups is 2. The van der Waals surface area contributed by atoms with Crippen molar-refractivity contribution in [3.05, 3.63) is 64.7 Å². The Balaban J connectivity index is 1.71. The number of rotatable bonds is 2. The molecule has 0 spiro atoms. The lowest BCUT2D eigenvalue weighted by molar-refractivity contribution is -0.0119. The number of phenolic OH excluding ortho intramolecular Hbond substituents is 1. The summed E-state index contributed by atoms with van der Waals surface area (Å²) in [5.74, 6) is -0.241. The highest BCUT2D eigenvalue weighted by Crippen LogP contribution is 2.40. The van der Waals surface area contributed by atoms with Gasteiger partial charge in [0.15, 0.2) is 6.23 Å². The van der Waals surface area contributed by atoms with Crippen LogP contribution < -0.4 is 0 Å². The lowest BCUT2D eigenvalue weighted by Gasteiger charge is -2.40. The number of hydrogen-bond acceptors (Lipinski definition) is 5. The van der Waals surface area contributed by atoms with Crippen LogP contribution in [-0.2, 0) is 11.2 Å². The zero-order chi connectivity index (χ0) is 21.6. The molecule has 2 aliphatic rings. The maximum absolute atomic E-state index is 13.0. The van der Waals surface area contributed by atoms with Gasteiger partial charge < -0.3 is 19.8 Å². The molecule has 2 heterocycles. The van der Waals surface area contributed by atoms with E-state index in [9.17, 15) is 19.8 Å². The fraction of sp³-hybridized carbons (Fsp3) is 0.391. The molecule has 1 unspecified atom stereocenters. The van der Waals surface area contributed by atoms with Gasteiger partial charge >= 0.3 is 6.09 Å². The molecule has 0 aromatic heterocycles. The van der Waals surface area contributed by atoms with E-state index in [4.69, 9.17) is 4.74 Å². The molecule has 0 bridgehead atoms. The number of ether oxygens (including phenoxy) is 1. The number of benzene rings is 2. The van der Waals surface area contributed by atoms with E-state index in [-0.39, 0.29) is 18.2 Å². The van der Waals surface area contributed by atoms with E-state index in [2.05, 4.69) is 0 Å². The Morgan fingerprint density at radius 1 is 1.17 bits per heavy atom. The number of amides is 2. The normalized spacial score (nSPS) is 20.7. The van der Waals surface area contributed by atoms with Crippen LogP contribution in [0.15, 0.2) is 42.5 Å². The highest BCUT2D eigenvalue weighted by molar-refractivity contribution is 5.99. The smallest absolute Gasteiger partial charge is 0.410 e. The maximum atomic E-state index is 13.0. The van der Waals surface area contributed by atoms with Crippen LogP contribution in [-0.4, -0.2) is 50.7 Å². The molecule has 2 N–H and O–H groups in total. The zero-order valence-electron chi connectivity index (χ0n) is 17.3. The number of aliphatic hydroxyl groups is 1. The standard InChI is InChI=1S/C23H26N2O5/c1-23(2,3)30-22(29)24-12-11-14-7-6-10-18(26)19(14)17(24)13-25-20(27)15-8-4-5-9-16(15)21(25)28/h4-10,17,20,26-27H,11-13H2,1-3H3/t17-,20?/m1/s1. The molecule has 0 saturated heterocycles. The van der Waals surface area contributed by atoms with Crippen molar-refractivity contribution in [2.75, 3.05) is 13.1 Å². The Bertz CT molecular complexity index is 997. The summed E-state index contributed by atoms with van der Waals surface area (Å²) >= 11 is 0. The van der Waals surface area contributed by atoms with Gasteiger partial charge in [0.1, 0.15) is 11.4 Å². The van der Waals surface area contributed by atoms with E-state index in [0.29, 0.717) is 29.7 Å². The molecule has 0 saturated carbocycles. The van der Waals surface area contributed by atoms with Crippen LogP contribution in [0.5, 0.6) is 5.75 Å².